The number of ether oxygens (including phenoxy) is 1. The van der Waals surface area contributed by atoms with E-state index in [1.807, 2.05) is 0 Å². The summed E-state index contributed by atoms with van der Waals surface area (Å²) >= 11 is 0. The molecule has 192 valence electrons. The van der Waals surface area contributed by atoms with Gasteiger partial charge in [0.2, 0.25) is 0 Å². The predicted octanol–water partition coefficient (Wildman–Crippen LogP) is -1.40. The van der Waals surface area contributed by atoms with Crippen LogP contribution in [-0.4, -0.2) is 95.7 Å². The molecule has 0 amide bonds. The van der Waals surface area contributed by atoms with Crippen molar-refractivity contribution in [1.29, 1.82) is 0 Å². The van der Waals surface area contributed by atoms with Gasteiger partial charge >= 0.3 is 0 Å². The molecule has 0 bridgehead atoms. The number of hydrogen-bond acceptors (Lipinski definition) is 6. The first-order valence-corrected chi connectivity index (χ1v) is 3.56. The van der Waals surface area contributed by atoms with Gasteiger partial charge in [-0.2, -0.15) is 0 Å². The molecule has 0 aliphatic carbocycles. The van der Waals surface area contributed by atoms with E-state index >= 15 is 0 Å². The molecule has 5 unspecified atom stereocenters. The molecule has 17 N–H and O–H groups in total. The summed E-state index contributed by atoms with van der Waals surface area (Å²) in [6, 6.07) is 0. The monoisotopic (exact) mass is 409 g/mol. The average molecular weight is 409 g/mol. The van der Waals surface area contributed by atoms with Gasteiger partial charge in [0.15, 0.2) is 6.29 Å². The lowest BCUT2D eigenvalue weighted by molar-refractivity contribution is -0.286. The van der Waals surface area contributed by atoms with E-state index in [0.29, 0.717) is 0 Å². The standard InChI is InChI=1S/C6H12O6.6CH4.6H2O.12H2/c7-1-2-3(8)4(9)5(10)6(11)12-2;;;;;;;;;;;;;;;;;;;;;;;;/h2-11H,1H2;6*1H4;6*1H2;12*1H. The van der Waals surface area contributed by atoms with Crippen LogP contribution in [0.15, 0.2) is 0 Å². The molecule has 1 fully saturated rings. The smallest absolute Gasteiger partial charge is 0.184 e. The fourth-order valence-corrected chi connectivity index (χ4v) is 1.08. The Morgan fingerprint density at radius 2 is 0.875 bits per heavy atom. The van der Waals surface area contributed by atoms with Crippen LogP contribution in [0, 0.1) is 0 Å². The largest absolute Gasteiger partial charge is 0.412 e. The van der Waals surface area contributed by atoms with E-state index in [2.05, 4.69) is 4.74 Å². The minimum Gasteiger partial charge on any atom is -0.412 e. The molecule has 0 aromatic rings. The highest BCUT2D eigenvalue weighted by Gasteiger charge is 2.42. The lowest BCUT2D eigenvalue weighted by Crippen LogP contribution is -2.58. The van der Waals surface area contributed by atoms with Crippen LogP contribution in [0.2, 0.25) is 0 Å². The Bertz CT molecular complexity index is 191. The molecular weight excluding hydrogens is 336 g/mol. The van der Waals surface area contributed by atoms with Gasteiger partial charge in [-0.05, 0) is 0 Å². The molecule has 0 aromatic heterocycles. The summed E-state index contributed by atoms with van der Waals surface area (Å²) in [5.74, 6) is 0. The molecule has 0 aromatic carbocycles. The van der Waals surface area contributed by atoms with Crippen molar-refractivity contribution < 1.29 is 80.2 Å². The van der Waals surface area contributed by atoms with Crippen molar-refractivity contribution in [2.45, 2.75) is 75.3 Å². The lowest BCUT2D eigenvalue weighted by atomic mass is 10.00. The topological polar surface area (TPSA) is 299 Å². The van der Waals surface area contributed by atoms with Gasteiger partial charge in [0.05, 0.1) is 6.61 Å². The third kappa shape index (κ3) is 19.6. The van der Waals surface area contributed by atoms with E-state index in [0.717, 1.165) is 0 Å². The summed E-state index contributed by atoms with van der Waals surface area (Å²) in [6.45, 7) is -0.526. The number of rotatable bonds is 1. The summed E-state index contributed by atoms with van der Waals surface area (Å²) < 4.78 is 4.58. The summed E-state index contributed by atoms with van der Waals surface area (Å²) in [7, 11) is 0. The molecule has 0 spiro atoms. The zero-order valence-electron chi connectivity index (χ0n) is 9.24. The second-order valence-electron chi connectivity index (χ2n) is 2.72. The molecule has 24 heavy (non-hydrogen) atoms. The molecule has 1 saturated heterocycles. The van der Waals surface area contributed by atoms with Gasteiger partial charge in [-0.25, -0.2) is 0 Å². The number of aliphatic hydroxyl groups is 5. The quantitative estimate of drug-likeness (QED) is 0.346. The van der Waals surface area contributed by atoms with Crippen molar-refractivity contribution in [3.05, 3.63) is 0 Å². The maximum atomic E-state index is 9.12. The van der Waals surface area contributed by atoms with E-state index in [1.54, 1.807) is 0 Å². The van der Waals surface area contributed by atoms with Gasteiger partial charge in [-0.1, -0.05) is 44.6 Å². The van der Waals surface area contributed by atoms with E-state index in [-0.39, 0.29) is 94.5 Å². The first kappa shape index (κ1) is 89.9. The molecule has 0 saturated carbocycles. The molecule has 1 heterocycles. The van der Waals surface area contributed by atoms with Crippen molar-refractivity contribution in [2.75, 3.05) is 6.61 Å². The maximum Gasteiger partial charge on any atom is 0.184 e. The molecule has 1 rings (SSSR count). The minimum atomic E-state index is -1.57. The van der Waals surface area contributed by atoms with Crippen molar-refractivity contribution in [3.63, 3.8) is 0 Å². The molecule has 12 nitrogen and oxygen atoms in total. The van der Waals surface area contributed by atoms with Crippen LogP contribution in [0.25, 0.3) is 0 Å². The van der Waals surface area contributed by atoms with Crippen LogP contribution < -0.4 is 0 Å². The van der Waals surface area contributed by atoms with E-state index in [1.165, 1.54) is 0 Å². The van der Waals surface area contributed by atoms with Crippen molar-refractivity contribution in [1.82, 2.24) is 0 Å². The van der Waals surface area contributed by atoms with Gasteiger partial charge in [-0.3, -0.25) is 0 Å². The Balaban J connectivity index is -0.00000000273. The summed E-state index contributed by atoms with van der Waals surface area (Å²) in [6.07, 6.45) is -7.04. The first-order chi connectivity index (χ1) is 5.57. The molecule has 0 radical (unpaired) electrons. The molecule has 5 atom stereocenters. The van der Waals surface area contributed by atoms with Gasteiger partial charge in [0.25, 0.3) is 0 Å². The van der Waals surface area contributed by atoms with Crippen molar-refractivity contribution in [3.8, 4) is 0 Å². The highest BCUT2D eigenvalue weighted by atomic mass is 16.6. The van der Waals surface area contributed by atoms with Crippen LogP contribution in [0.5, 0.6) is 0 Å². The van der Waals surface area contributed by atoms with E-state index in [9.17, 15) is 0 Å². The fourth-order valence-electron chi connectivity index (χ4n) is 1.08. The van der Waals surface area contributed by atoms with Crippen LogP contribution in [0.4, 0.5) is 0 Å². The third-order valence-corrected chi connectivity index (χ3v) is 1.87. The van der Waals surface area contributed by atoms with Gasteiger partial charge in [-0.15, -0.1) is 0 Å². The summed E-state index contributed by atoms with van der Waals surface area (Å²) in [5.41, 5.74) is 0. The highest BCUT2D eigenvalue weighted by molar-refractivity contribution is 4.87. The predicted molar refractivity (Wildman–Crippen MR) is 123 cm³/mol. The third-order valence-electron chi connectivity index (χ3n) is 1.87. The van der Waals surface area contributed by atoms with E-state index < -0.39 is 37.3 Å². The van der Waals surface area contributed by atoms with Crippen LogP contribution in [0.3, 0.4) is 0 Å². The average Bonchev–Trinajstić information content (AvgIpc) is 2.08. The Hall–Kier alpha value is -0.480. The molecular formula is C12H72O12. The van der Waals surface area contributed by atoms with E-state index in [4.69, 9.17) is 25.5 Å². The minimum absolute atomic E-state index is 0. The SMILES string of the molecule is C.C.C.C.C.C.O.O.O.O.O.O.OCC1OC(O)C(O)C(O)C1O.[HH].[HH].[HH].[HH].[HH].[HH].[HH].[HH].[HH].[HH].[HH].[HH]. The zero-order valence-corrected chi connectivity index (χ0v) is 9.24. The van der Waals surface area contributed by atoms with Crippen molar-refractivity contribution >= 4 is 0 Å². The number of aliphatic hydroxyl groups excluding tert-OH is 5. The summed E-state index contributed by atoms with van der Waals surface area (Å²) in [5, 5.41) is 44.7. The van der Waals surface area contributed by atoms with Gasteiger partial charge < -0.3 is 63.1 Å². The second-order valence-corrected chi connectivity index (χ2v) is 2.72. The zero-order chi connectivity index (χ0) is 9.30. The molecule has 1 aliphatic rings. The molecule has 1 aliphatic heterocycles. The Labute approximate surface area is 164 Å². The highest BCUT2D eigenvalue weighted by Crippen LogP contribution is 2.18. The second kappa shape index (κ2) is 38.2. The fraction of sp³-hybridized carbons (Fsp3) is 1.00. The van der Waals surface area contributed by atoms with Crippen LogP contribution >= 0.6 is 0 Å². The summed E-state index contributed by atoms with van der Waals surface area (Å²) in [4.78, 5) is 0. The van der Waals surface area contributed by atoms with Gasteiger partial charge in [0.1, 0.15) is 24.4 Å². The van der Waals surface area contributed by atoms with Gasteiger partial charge in [0, 0.05) is 17.1 Å². The Morgan fingerprint density at radius 3 is 1.12 bits per heavy atom. The Kier molecular flexibility index (Phi) is 143. The molecule has 12 heteroatoms. The van der Waals surface area contributed by atoms with Crippen LogP contribution in [0.1, 0.15) is 61.7 Å². The normalized spacial score (nSPS) is 24.6. The lowest BCUT2D eigenvalue weighted by Gasteiger charge is -2.37. The first-order valence-electron chi connectivity index (χ1n) is 3.56. The van der Waals surface area contributed by atoms with Crippen LogP contribution in [-0.2, 0) is 4.74 Å². The Morgan fingerprint density at radius 1 is 0.583 bits per heavy atom. The maximum absolute atomic E-state index is 9.12. The number of hydrogen-bond donors (Lipinski definition) is 5. The van der Waals surface area contributed by atoms with Crippen molar-refractivity contribution in [2.24, 2.45) is 0 Å².